The summed E-state index contributed by atoms with van der Waals surface area (Å²) in [6, 6.07) is 8.59. The van der Waals surface area contributed by atoms with Crippen LogP contribution < -0.4 is 0 Å². The van der Waals surface area contributed by atoms with E-state index >= 15 is 0 Å². The van der Waals surface area contributed by atoms with E-state index in [1.54, 1.807) is 0 Å². The van der Waals surface area contributed by atoms with Crippen LogP contribution in [0.15, 0.2) is 43.0 Å². The van der Waals surface area contributed by atoms with Gasteiger partial charge in [0.15, 0.2) is 0 Å². The molecular weight excluding hydrogens is 314 g/mol. The summed E-state index contributed by atoms with van der Waals surface area (Å²) in [5.41, 5.74) is 3.22. The number of hydrogen-bond donors (Lipinski definition) is 0. The van der Waals surface area contributed by atoms with Crippen LogP contribution in [0.4, 0.5) is 0 Å². The van der Waals surface area contributed by atoms with Gasteiger partial charge in [-0.2, -0.15) is 0 Å². The first kappa shape index (κ1) is 17.5. The monoisotopic (exact) mass is 339 g/mol. The SMILES string of the molecule is CCC(=O)N(CC)[C@H]1CCO[C@@H](c2cccc(-c3cncnc3)c2)C1. The standard InChI is InChI=1S/C20H25N3O2/c1-3-20(24)23(4-2)18-8-9-25-19(11-18)16-7-5-6-15(10-16)17-12-21-14-22-13-17/h5-7,10,12-14,18-19H,3-4,8-9,11H2,1-2H3/t18-,19+/m0/s1. The van der Waals surface area contributed by atoms with Crippen LogP contribution in [0.1, 0.15) is 44.8 Å². The topological polar surface area (TPSA) is 55.3 Å². The molecule has 2 atom stereocenters. The molecule has 0 unspecified atom stereocenters. The van der Waals surface area contributed by atoms with Gasteiger partial charge in [0, 0.05) is 43.6 Å². The summed E-state index contributed by atoms with van der Waals surface area (Å²) in [5.74, 6) is 0.225. The quantitative estimate of drug-likeness (QED) is 0.835. The molecule has 0 N–H and O–H groups in total. The van der Waals surface area contributed by atoms with Crippen molar-refractivity contribution in [1.29, 1.82) is 0 Å². The van der Waals surface area contributed by atoms with Crippen molar-refractivity contribution >= 4 is 5.91 Å². The lowest BCUT2D eigenvalue weighted by Crippen LogP contribution is -2.43. The molecule has 132 valence electrons. The summed E-state index contributed by atoms with van der Waals surface area (Å²) in [5, 5.41) is 0. The van der Waals surface area contributed by atoms with Crippen LogP contribution in [0.3, 0.4) is 0 Å². The first-order valence-electron chi connectivity index (χ1n) is 8.99. The predicted octanol–water partition coefficient (Wildman–Crippen LogP) is 3.62. The molecule has 0 aliphatic carbocycles. The molecule has 0 bridgehead atoms. The molecule has 0 saturated carbocycles. The Hall–Kier alpha value is -2.27. The van der Waals surface area contributed by atoms with Gasteiger partial charge in [0.05, 0.1) is 6.10 Å². The maximum Gasteiger partial charge on any atom is 0.222 e. The Morgan fingerprint density at radius 2 is 2.04 bits per heavy atom. The summed E-state index contributed by atoms with van der Waals surface area (Å²) in [7, 11) is 0. The summed E-state index contributed by atoms with van der Waals surface area (Å²) in [4.78, 5) is 22.4. The highest BCUT2D eigenvalue weighted by Gasteiger charge is 2.29. The largest absolute Gasteiger partial charge is 0.373 e. The summed E-state index contributed by atoms with van der Waals surface area (Å²) < 4.78 is 6.02. The molecule has 3 rings (SSSR count). The van der Waals surface area contributed by atoms with E-state index in [1.165, 1.54) is 6.33 Å². The van der Waals surface area contributed by atoms with Gasteiger partial charge < -0.3 is 9.64 Å². The molecule has 1 amide bonds. The Balaban J connectivity index is 1.79. The van der Waals surface area contributed by atoms with Crippen LogP contribution in [0.25, 0.3) is 11.1 Å². The minimum atomic E-state index is 0.0158. The zero-order valence-corrected chi connectivity index (χ0v) is 14.9. The van der Waals surface area contributed by atoms with Gasteiger partial charge in [0.2, 0.25) is 5.91 Å². The molecule has 5 heteroatoms. The summed E-state index contributed by atoms with van der Waals surface area (Å²) in [6.45, 7) is 5.41. The number of carbonyl (C=O) groups is 1. The van der Waals surface area contributed by atoms with Crippen molar-refractivity contribution in [1.82, 2.24) is 14.9 Å². The molecule has 1 aromatic carbocycles. The Bertz CT molecular complexity index is 705. The molecule has 25 heavy (non-hydrogen) atoms. The van der Waals surface area contributed by atoms with Gasteiger partial charge in [-0.1, -0.05) is 25.1 Å². The van der Waals surface area contributed by atoms with E-state index in [0.29, 0.717) is 13.0 Å². The average Bonchev–Trinajstić information content (AvgIpc) is 2.69. The lowest BCUT2D eigenvalue weighted by atomic mass is 9.94. The van der Waals surface area contributed by atoms with E-state index < -0.39 is 0 Å². The minimum absolute atomic E-state index is 0.0158. The van der Waals surface area contributed by atoms with Gasteiger partial charge in [0.25, 0.3) is 0 Å². The number of aromatic nitrogens is 2. The van der Waals surface area contributed by atoms with Crippen LogP contribution in [0, 0.1) is 0 Å². The lowest BCUT2D eigenvalue weighted by Gasteiger charge is -2.37. The van der Waals surface area contributed by atoms with Gasteiger partial charge in [-0.15, -0.1) is 0 Å². The molecule has 2 heterocycles. The molecule has 2 aromatic rings. The van der Waals surface area contributed by atoms with E-state index in [9.17, 15) is 4.79 Å². The van der Waals surface area contributed by atoms with E-state index in [2.05, 4.69) is 28.2 Å². The highest BCUT2D eigenvalue weighted by Crippen LogP contribution is 2.32. The van der Waals surface area contributed by atoms with Gasteiger partial charge in [-0.3, -0.25) is 4.79 Å². The number of hydrogen-bond acceptors (Lipinski definition) is 4. The lowest BCUT2D eigenvalue weighted by molar-refractivity contribution is -0.136. The Labute approximate surface area is 149 Å². The number of carbonyl (C=O) groups excluding carboxylic acids is 1. The van der Waals surface area contributed by atoms with Crippen LogP contribution in [-0.2, 0) is 9.53 Å². The first-order valence-corrected chi connectivity index (χ1v) is 8.99. The van der Waals surface area contributed by atoms with Gasteiger partial charge in [-0.25, -0.2) is 9.97 Å². The second kappa shape index (κ2) is 8.21. The Morgan fingerprint density at radius 1 is 1.24 bits per heavy atom. The summed E-state index contributed by atoms with van der Waals surface area (Å²) >= 11 is 0. The van der Waals surface area contributed by atoms with Gasteiger partial charge in [-0.05, 0) is 37.0 Å². The fourth-order valence-corrected chi connectivity index (χ4v) is 3.50. The van der Waals surface area contributed by atoms with Crippen molar-refractivity contribution in [3.05, 3.63) is 48.5 Å². The first-order chi connectivity index (χ1) is 12.2. The fraction of sp³-hybridized carbons (Fsp3) is 0.450. The van der Waals surface area contributed by atoms with Crippen molar-refractivity contribution < 1.29 is 9.53 Å². The molecular formula is C20H25N3O2. The highest BCUT2D eigenvalue weighted by molar-refractivity contribution is 5.76. The van der Waals surface area contributed by atoms with Gasteiger partial charge in [0.1, 0.15) is 6.33 Å². The molecule has 1 saturated heterocycles. The molecule has 1 aliphatic heterocycles. The number of ether oxygens (including phenoxy) is 1. The smallest absolute Gasteiger partial charge is 0.222 e. The van der Waals surface area contributed by atoms with Crippen molar-refractivity contribution in [2.75, 3.05) is 13.2 Å². The van der Waals surface area contributed by atoms with Crippen molar-refractivity contribution in [2.45, 2.75) is 45.3 Å². The average molecular weight is 339 g/mol. The third-order valence-electron chi connectivity index (χ3n) is 4.81. The molecule has 0 spiro atoms. The van der Waals surface area contributed by atoms with Crippen LogP contribution in [0.2, 0.25) is 0 Å². The molecule has 1 aliphatic rings. The minimum Gasteiger partial charge on any atom is -0.373 e. The van der Waals surface area contributed by atoms with Crippen molar-refractivity contribution in [3.8, 4) is 11.1 Å². The van der Waals surface area contributed by atoms with Crippen LogP contribution >= 0.6 is 0 Å². The fourth-order valence-electron chi connectivity index (χ4n) is 3.50. The van der Waals surface area contributed by atoms with E-state index in [4.69, 9.17) is 4.74 Å². The maximum atomic E-state index is 12.2. The Morgan fingerprint density at radius 3 is 2.76 bits per heavy atom. The van der Waals surface area contributed by atoms with Crippen LogP contribution in [0.5, 0.6) is 0 Å². The zero-order valence-electron chi connectivity index (χ0n) is 14.9. The third kappa shape index (κ3) is 4.04. The van der Waals surface area contributed by atoms with E-state index in [-0.39, 0.29) is 18.1 Å². The number of rotatable bonds is 5. The predicted molar refractivity (Wildman–Crippen MR) is 96.9 cm³/mol. The van der Waals surface area contributed by atoms with Crippen molar-refractivity contribution in [3.63, 3.8) is 0 Å². The van der Waals surface area contributed by atoms with Crippen LogP contribution in [-0.4, -0.2) is 40.0 Å². The molecule has 5 nitrogen and oxygen atoms in total. The van der Waals surface area contributed by atoms with E-state index in [1.807, 2.05) is 37.2 Å². The second-order valence-electron chi connectivity index (χ2n) is 6.32. The molecule has 1 aromatic heterocycles. The second-order valence-corrected chi connectivity index (χ2v) is 6.32. The third-order valence-corrected chi connectivity index (χ3v) is 4.81. The maximum absolute atomic E-state index is 12.2. The normalized spacial score (nSPS) is 20.2. The zero-order chi connectivity index (χ0) is 17.6. The summed E-state index contributed by atoms with van der Waals surface area (Å²) in [6.07, 6.45) is 7.48. The number of nitrogens with zero attached hydrogens (tertiary/aromatic N) is 3. The molecule has 1 fully saturated rings. The van der Waals surface area contributed by atoms with Gasteiger partial charge >= 0.3 is 0 Å². The van der Waals surface area contributed by atoms with E-state index in [0.717, 1.165) is 36.1 Å². The van der Waals surface area contributed by atoms with Crippen molar-refractivity contribution in [2.24, 2.45) is 0 Å². The Kier molecular flexibility index (Phi) is 5.76. The molecule has 0 radical (unpaired) electrons. The number of benzene rings is 1. The highest BCUT2D eigenvalue weighted by atomic mass is 16.5. The number of amides is 1.